The predicted octanol–water partition coefficient (Wildman–Crippen LogP) is 1.30. The molecule has 0 radical (unpaired) electrons. The van der Waals surface area contributed by atoms with Gasteiger partial charge in [0.1, 0.15) is 5.75 Å². The molecular weight excluding hydrogens is 159 g/mol. The van der Waals surface area contributed by atoms with E-state index >= 15 is 0 Å². The molecule has 1 heterocycles. The average Bonchev–Trinajstić information content (AvgIpc) is 2.05. The molecule has 0 spiro atoms. The van der Waals surface area contributed by atoms with Gasteiger partial charge in [-0.1, -0.05) is 0 Å². The summed E-state index contributed by atoms with van der Waals surface area (Å²) in [6, 6.07) is 3.11. The number of methoxy groups -OCH3 is 1. The molecule has 62 valence electrons. The molecule has 0 aliphatic carbocycles. The Morgan fingerprint density at radius 3 is 3.08 bits per heavy atom. The first kappa shape index (κ1) is 8.47. The number of aromatic nitrogens is 1. The molecule has 0 atom stereocenters. The topological polar surface area (TPSA) is 45.9 Å². The lowest BCUT2D eigenvalue weighted by atomic mass is 10.2. The Morgan fingerprint density at radius 1 is 1.75 bits per heavy atom. The van der Waals surface area contributed by atoms with E-state index in [9.17, 15) is 4.39 Å². The van der Waals surface area contributed by atoms with Gasteiger partial charge < -0.3 is 4.74 Å². The van der Waals surface area contributed by atoms with Crippen LogP contribution in [0.3, 0.4) is 0 Å². The third kappa shape index (κ3) is 1.70. The van der Waals surface area contributed by atoms with Crippen molar-refractivity contribution in [2.24, 2.45) is 0 Å². The molecule has 0 aromatic carbocycles. The molecule has 1 rings (SSSR count). The van der Waals surface area contributed by atoms with Crippen LogP contribution in [0.4, 0.5) is 4.39 Å². The molecule has 0 N–H and O–H groups in total. The van der Waals surface area contributed by atoms with Crippen LogP contribution in [-0.2, 0) is 6.42 Å². The summed E-state index contributed by atoms with van der Waals surface area (Å²) in [6.45, 7) is 0. The van der Waals surface area contributed by atoms with Crippen molar-refractivity contribution in [3.05, 3.63) is 23.8 Å². The van der Waals surface area contributed by atoms with Crippen molar-refractivity contribution in [1.82, 2.24) is 4.98 Å². The molecule has 0 aliphatic heterocycles. The first-order chi connectivity index (χ1) is 5.77. The van der Waals surface area contributed by atoms with Gasteiger partial charge in [-0.05, 0) is 0 Å². The van der Waals surface area contributed by atoms with Crippen molar-refractivity contribution in [1.29, 1.82) is 5.26 Å². The highest BCUT2D eigenvalue weighted by Crippen LogP contribution is 2.17. The SMILES string of the molecule is COc1cnc(F)cc1CC#N. The lowest BCUT2D eigenvalue weighted by Crippen LogP contribution is -1.94. The van der Waals surface area contributed by atoms with E-state index in [1.165, 1.54) is 19.4 Å². The van der Waals surface area contributed by atoms with Gasteiger partial charge in [-0.3, -0.25) is 0 Å². The summed E-state index contributed by atoms with van der Waals surface area (Å²) in [5, 5.41) is 8.38. The lowest BCUT2D eigenvalue weighted by Gasteiger charge is -2.03. The fourth-order valence-corrected chi connectivity index (χ4v) is 0.862. The number of nitrogens with zero attached hydrogens (tertiary/aromatic N) is 2. The van der Waals surface area contributed by atoms with Crippen LogP contribution in [0.5, 0.6) is 5.75 Å². The summed E-state index contributed by atoms with van der Waals surface area (Å²) in [6.07, 6.45) is 1.39. The highest BCUT2D eigenvalue weighted by atomic mass is 19.1. The van der Waals surface area contributed by atoms with E-state index in [1.807, 2.05) is 6.07 Å². The van der Waals surface area contributed by atoms with Crippen molar-refractivity contribution in [2.45, 2.75) is 6.42 Å². The summed E-state index contributed by atoms with van der Waals surface area (Å²) in [7, 11) is 1.45. The summed E-state index contributed by atoms with van der Waals surface area (Å²) < 4.78 is 17.4. The molecule has 1 aromatic heterocycles. The maximum Gasteiger partial charge on any atom is 0.213 e. The maximum atomic E-state index is 12.5. The second kappa shape index (κ2) is 3.67. The Kier molecular flexibility index (Phi) is 2.59. The van der Waals surface area contributed by atoms with Crippen molar-refractivity contribution in [3.8, 4) is 11.8 Å². The number of pyridine rings is 1. The Balaban J connectivity index is 3.05. The van der Waals surface area contributed by atoms with Crippen LogP contribution < -0.4 is 4.74 Å². The number of ether oxygens (including phenoxy) is 1. The molecular formula is C8H7FN2O. The first-order valence-corrected chi connectivity index (χ1v) is 3.33. The van der Waals surface area contributed by atoms with Crippen LogP contribution >= 0.6 is 0 Å². The third-order valence-electron chi connectivity index (χ3n) is 1.40. The minimum atomic E-state index is -0.596. The highest BCUT2D eigenvalue weighted by molar-refractivity contribution is 5.32. The zero-order chi connectivity index (χ0) is 8.97. The van der Waals surface area contributed by atoms with Crippen LogP contribution in [0.1, 0.15) is 5.56 Å². The van der Waals surface area contributed by atoms with Gasteiger partial charge in [-0.25, -0.2) is 4.98 Å². The Hall–Kier alpha value is -1.63. The smallest absolute Gasteiger partial charge is 0.213 e. The van der Waals surface area contributed by atoms with Gasteiger partial charge in [-0.2, -0.15) is 9.65 Å². The van der Waals surface area contributed by atoms with E-state index in [4.69, 9.17) is 10.00 Å². The normalized spacial score (nSPS) is 9.08. The van der Waals surface area contributed by atoms with Crippen LogP contribution in [0, 0.1) is 17.3 Å². The number of hydrogen-bond donors (Lipinski definition) is 0. The number of rotatable bonds is 2. The van der Waals surface area contributed by atoms with Gasteiger partial charge >= 0.3 is 0 Å². The standard InChI is InChI=1S/C8H7FN2O/c1-12-7-5-11-8(9)4-6(7)2-3-10/h4-5H,2H2,1H3. The molecule has 0 bridgehead atoms. The van der Waals surface area contributed by atoms with Gasteiger partial charge in [0.15, 0.2) is 0 Å². The summed E-state index contributed by atoms with van der Waals surface area (Å²) in [5.41, 5.74) is 0.521. The van der Waals surface area contributed by atoms with Crippen LogP contribution in [-0.4, -0.2) is 12.1 Å². The van der Waals surface area contributed by atoms with E-state index < -0.39 is 5.95 Å². The first-order valence-electron chi connectivity index (χ1n) is 3.33. The van der Waals surface area contributed by atoms with Crippen LogP contribution in [0.2, 0.25) is 0 Å². The van der Waals surface area contributed by atoms with E-state index in [1.54, 1.807) is 0 Å². The van der Waals surface area contributed by atoms with Crippen molar-refractivity contribution in [2.75, 3.05) is 7.11 Å². The van der Waals surface area contributed by atoms with E-state index in [-0.39, 0.29) is 6.42 Å². The van der Waals surface area contributed by atoms with Crippen LogP contribution in [0.25, 0.3) is 0 Å². The van der Waals surface area contributed by atoms with E-state index in [2.05, 4.69) is 4.98 Å². The predicted molar refractivity (Wildman–Crippen MR) is 40.1 cm³/mol. The van der Waals surface area contributed by atoms with Crippen LogP contribution in [0.15, 0.2) is 12.3 Å². The molecule has 0 aliphatic rings. The minimum Gasteiger partial charge on any atom is -0.495 e. The molecule has 12 heavy (non-hydrogen) atoms. The number of halogens is 1. The molecule has 3 nitrogen and oxygen atoms in total. The molecule has 0 saturated heterocycles. The molecule has 0 amide bonds. The molecule has 0 fully saturated rings. The summed E-state index contributed by atoms with van der Waals surface area (Å²) in [5.74, 6) is -0.154. The Bertz CT molecular complexity index is 319. The van der Waals surface area contributed by atoms with Gasteiger partial charge in [0.05, 0.1) is 25.8 Å². The van der Waals surface area contributed by atoms with Gasteiger partial charge in [-0.15, -0.1) is 0 Å². The van der Waals surface area contributed by atoms with E-state index in [0.29, 0.717) is 11.3 Å². The average molecular weight is 166 g/mol. The molecule has 0 unspecified atom stereocenters. The molecule has 0 saturated carbocycles. The lowest BCUT2D eigenvalue weighted by molar-refractivity contribution is 0.405. The van der Waals surface area contributed by atoms with Crippen molar-refractivity contribution in [3.63, 3.8) is 0 Å². The highest BCUT2D eigenvalue weighted by Gasteiger charge is 2.04. The van der Waals surface area contributed by atoms with Crippen molar-refractivity contribution >= 4 is 0 Å². The Morgan fingerprint density at radius 2 is 2.50 bits per heavy atom. The number of nitriles is 1. The summed E-state index contributed by atoms with van der Waals surface area (Å²) >= 11 is 0. The second-order valence-electron chi connectivity index (χ2n) is 2.15. The Labute approximate surface area is 69.4 Å². The summed E-state index contributed by atoms with van der Waals surface area (Å²) in [4.78, 5) is 3.39. The monoisotopic (exact) mass is 166 g/mol. The molecule has 1 aromatic rings. The zero-order valence-corrected chi connectivity index (χ0v) is 6.54. The van der Waals surface area contributed by atoms with E-state index in [0.717, 1.165) is 0 Å². The maximum absolute atomic E-state index is 12.5. The fraction of sp³-hybridized carbons (Fsp3) is 0.250. The van der Waals surface area contributed by atoms with Crippen molar-refractivity contribution < 1.29 is 9.13 Å². The largest absolute Gasteiger partial charge is 0.495 e. The zero-order valence-electron chi connectivity index (χ0n) is 6.54. The quantitative estimate of drug-likeness (QED) is 0.622. The fourth-order valence-electron chi connectivity index (χ4n) is 0.862. The molecule has 4 heteroatoms. The minimum absolute atomic E-state index is 0.128. The van der Waals surface area contributed by atoms with Gasteiger partial charge in [0.2, 0.25) is 5.95 Å². The number of hydrogen-bond acceptors (Lipinski definition) is 3. The van der Waals surface area contributed by atoms with Gasteiger partial charge in [0, 0.05) is 11.6 Å². The second-order valence-corrected chi connectivity index (χ2v) is 2.15. The van der Waals surface area contributed by atoms with Gasteiger partial charge in [0.25, 0.3) is 0 Å². The third-order valence-corrected chi connectivity index (χ3v) is 1.40.